The van der Waals surface area contributed by atoms with Crippen LogP contribution in [-0.4, -0.2) is 22.9 Å². The van der Waals surface area contributed by atoms with E-state index in [2.05, 4.69) is 0 Å². The second-order valence-electron chi connectivity index (χ2n) is 5.93. The number of anilines is 1. The van der Waals surface area contributed by atoms with Crippen LogP contribution in [-0.2, 0) is 6.42 Å². The number of hydrogen-bond donors (Lipinski definition) is 0. The Morgan fingerprint density at radius 3 is 2.71 bits per heavy atom. The first kappa shape index (κ1) is 15.0. The minimum atomic E-state index is -0.150. The van der Waals surface area contributed by atoms with Crippen molar-refractivity contribution < 1.29 is 9.59 Å². The molecule has 0 aliphatic carbocycles. The molecule has 1 aliphatic heterocycles. The third-order valence-electron chi connectivity index (χ3n) is 4.47. The first-order chi connectivity index (χ1) is 11.6. The molecule has 0 saturated heterocycles. The molecule has 3 aromatic rings. The van der Waals surface area contributed by atoms with Gasteiger partial charge in [-0.3, -0.25) is 14.2 Å². The summed E-state index contributed by atoms with van der Waals surface area (Å²) < 4.78 is 1.48. The average molecular weight is 339 g/mol. The lowest BCUT2D eigenvalue weighted by Crippen LogP contribution is -2.28. The predicted molar refractivity (Wildman–Crippen MR) is 95.1 cm³/mol. The van der Waals surface area contributed by atoms with E-state index in [1.807, 2.05) is 24.3 Å². The highest BCUT2D eigenvalue weighted by Gasteiger charge is 2.27. The van der Waals surface area contributed by atoms with E-state index >= 15 is 0 Å². The van der Waals surface area contributed by atoms with Crippen LogP contribution >= 0.6 is 11.6 Å². The van der Waals surface area contributed by atoms with E-state index in [1.54, 1.807) is 29.3 Å². The van der Waals surface area contributed by atoms with Gasteiger partial charge in [0.2, 0.25) is 5.91 Å². The Hall–Kier alpha value is -2.59. The third kappa shape index (κ3) is 2.22. The van der Waals surface area contributed by atoms with Gasteiger partial charge in [-0.1, -0.05) is 35.9 Å². The van der Waals surface area contributed by atoms with E-state index in [9.17, 15) is 9.59 Å². The number of carbonyl (C=O) groups is 2. The minimum absolute atomic E-state index is 0.0905. The van der Waals surface area contributed by atoms with Crippen molar-refractivity contribution in [1.29, 1.82) is 0 Å². The first-order valence-corrected chi connectivity index (χ1v) is 8.15. The summed E-state index contributed by atoms with van der Waals surface area (Å²) in [4.78, 5) is 26.8. The van der Waals surface area contributed by atoms with Gasteiger partial charge in [-0.15, -0.1) is 0 Å². The number of carbonyl (C=O) groups excluding carboxylic acids is 2. The number of fused-ring (bicyclic) bond motifs is 2. The SMILES string of the molecule is CC(=O)n1cc(C(=O)N2CCc3ccccc32)c2ccc(Cl)cc21. The molecule has 1 aliphatic rings. The smallest absolute Gasteiger partial charge is 0.260 e. The van der Waals surface area contributed by atoms with Crippen LogP contribution in [0.4, 0.5) is 5.69 Å². The normalized spacial score (nSPS) is 13.3. The molecule has 4 rings (SSSR count). The Labute approximate surface area is 144 Å². The number of amides is 1. The summed E-state index contributed by atoms with van der Waals surface area (Å²) in [5.41, 5.74) is 3.30. The maximum atomic E-state index is 13.1. The van der Waals surface area contributed by atoms with Crippen LogP contribution in [0.25, 0.3) is 10.9 Å². The molecule has 5 heteroatoms. The zero-order valence-corrected chi connectivity index (χ0v) is 13.9. The van der Waals surface area contributed by atoms with Crippen molar-refractivity contribution in [1.82, 2.24) is 4.57 Å². The number of aromatic nitrogens is 1. The molecule has 24 heavy (non-hydrogen) atoms. The molecule has 0 radical (unpaired) electrons. The molecule has 0 atom stereocenters. The fraction of sp³-hybridized carbons (Fsp3) is 0.158. The monoisotopic (exact) mass is 338 g/mol. The highest BCUT2D eigenvalue weighted by Crippen LogP contribution is 2.32. The molecule has 2 aromatic carbocycles. The molecule has 0 saturated carbocycles. The molecular weight excluding hydrogens is 324 g/mol. The Morgan fingerprint density at radius 1 is 1.12 bits per heavy atom. The van der Waals surface area contributed by atoms with Gasteiger partial charge in [-0.05, 0) is 30.2 Å². The molecule has 4 nitrogen and oxygen atoms in total. The number of hydrogen-bond acceptors (Lipinski definition) is 2. The zero-order chi connectivity index (χ0) is 16.8. The van der Waals surface area contributed by atoms with E-state index in [-0.39, 0.29) is 11.8 Å². The fourth-order valence-electron chi connectivity index (χ4n) is 3.33. The molecular formula is C19H15ClN2O2. The maximum absolute atomic E-state index is 13.1. The van der Waals surface area contributed by atoms with Crippen molar-refractivity contribution in [3.8, 4) is 0 Å². The number of rotatable bonds is 1. The Balaban J connectivity index is 1.85. The van der Waals surface area contributed by atoms with Crippen LogP contribution in [0.15, 0.2) is 48.7 Å². The van der Waals surface area contributed by atoms with Crippen LogP contribution in [0, 0.1) is 0 Å². The quantitative estimate of drug-likeness (QED) is 0.668. The van der Waals surface area contributed by atoms with Gasteiger partial charge < -0.3 is 4.90 Å². The van der Waals surface area contributed by atoms with Crippen LogP contribution in [0.2, 0.25) is 5.02 Å². The predicted octanol–water partition coefficient (Wildman–Crippen LogP) is 4.16. The van der Waals surface area contributed by atoms with Crippen molar-refractivity contribution in [2.45, 2.75) is 13.3 Å². The topological polar surface area (TPSA) is 42.3 Å². The van der Waals surface area contributed by atoms with E-state index in [1.165, 1.54) is 17.1 Å². The summed E-state index contributed by atoms with van der Waals surface area (Å²) in [6, 6.07) is 13.2. The van der Waals surface area contributed by atoms with E-state index in [0.717, 1.165) is 17.5 Å². The second kappa shape index (κ2) is 5.49. The number of benzene rings is 2. The number of para-hydroxylation sites is 1. The van der Waals surface area contributed by atoms with E-state index < -0.39 is 0 Å². The molecule has 0 fully saturated rings. The molecule has 120 valence electrons. The van der Waals surface area contributed by atoms with Crippen molar-refractivity contribution in [2.24, 2.45) is 0 Å². The van der Waals surface area contributed by atoms with Crippen molar-refractivity contribution in [3.63, 3.8) is 0 Å². The summed E-state index contributed by atoms with van der Waals surface area (Å²) in [5.74, 6) is -0.240. The molecule has 0 spiro atoms. The Morgan fingerprint density at radius 2 is 1.92 bits per heavy atom. The lowest BCUT2D eigenvalue weighted by molar-refractivity contribution is 0.0941. The van der Waals surface area contributed by atoms with Crippen molar-refractivity contribution in [3.05, 3.63) is 64.8 Å². The highest BCUT2D eigenvalue weighted by atomic mass is 35.5. The summed E-state index contributed by atoms with van der Waals surface area (Å²) in [7, 11) is 0. The van der Waals surface area contributed by atoms with E-state index in [4.69, 9.17) is 11.6 Å². The summed E-state index contributed by atoms with van der Waals surface area (Å²) >= 11 is 6.06. The Bertz CT molecular complexity index is 990. The lowest BCUT2D eigenvalue weighted by Gasteiger charge is -2.16. The summed E-state index contributed by atoms with van der Waals surface area (Å²) in [5, 5.41) is 1.28. The second-order valence-corrected chi connectivity index (χ2v) is 6.37. The number of nitrogens with zero attached hydrogens (tertiary/aromatic N) is 2. The van der Waals surface area contributed by atoms with Gasteiger partial charge in [-0.25, -0.2) is 0 Å². The highest BCUT2D eigenvalue weighted by molar-refractivity contribution is 6.31. The largest absolute Gasteiger partial charge is 0.308 e. The maximum Gasteiger partial charge on any atom is 0.260 e. The van der Waals surface area contributed by atoms with Gasteiger partial charge in [-0.2, -0.15) is 0 Å². The number of halogens is 1. The molecule has 0 unspecified atom stereocenters. The van der Waals surface area contributed by atoms with Gasteiger partial charge in [0.1, 0.15) is 0 Å². The zero-order valence-electron chi connectivity index (χ0n) is 13.1. The van der Waals surface area contributed by atoms with Gasteiger partial charge in [0.05, 0.1) is 11.1 Å². The van der Waals surface area contributed by atoms with Crippen molar-refractivity contribution in [2.75, 3.05) is 11.4 Å². The Kier molecular flexibility index (Phi) is 3.43. The minimum Gasteiger partial charge on any atom is -0.308 e. The first-order valence-electron chi connectivity index (χ1n) is 7.77. The van der Waals surface area contributed by atoms with Crippen LogP contribution in [0.3, 0.4) is 0 Å². The van der Waals surface area contributed by atoms with Crippen LogP contribution < -0.4 is 4.90 Å². The fourth-order valence-corrected chi connectivity index (χ4v) is 3.49. The lowest BCUT2D eigenvalue weighted by atomic mass is 10.1. The standard InChI is InChI=1S/C19H15ClN2O2/c1-12(23)22-11-16(15-7-6-14(20)10-18(15)22)19(24)21-9-8-13-4-2-3-5-17(13)21/h2-7,10-11H,8-9H2,1H3. The molecule has 2 heterocycles. The molecule has 0 N–H and O–H groups in total. The average Bonchev–Trinajstić information content (AvgIpc) is 3.15. The summed E-state index contributed by atoms with van der Waals surface area (Å²) in [6.07, 6.45) is 2.46. The van der Waals surface area contributed by atoms with Crippen LogP contribution in [0.1, 0.15) is 27.6 Å². The van der Waals surface area contributed by atoms with Gasteiger partial charge in [0.25, 0.3) is 5.91 Å². The molecule has 1 aromatic heterocycles. The van der Waals surface area contributed by atoms with Gasteiger partial charge >= 0.3 is 0 Å². The van der Waals surface area contributed by atoms with Gasteiger partial charge in [0.15, 0.2) is 0 Å². The molecule has 0 bridgehead atoms. The van der Waals surface area contributed by atoms with Gasteiger partial charge in [0, 0.05) is 35.8 Å². The third-order valence-corrected chi connectivity index (χ3v) is 4.70. The summed E-state index contributed by atoms with van der Waals surface area (Å²) in [6.45, 7) is 2.12. The molecule has 1 amide bonds. The van der Waals surface area contributed by atoms with Crippen LogP contribution in [0.5, 0.6) is 0 Å². The van der Waals surface area contributed by atoms with Crippen molar-refractivity contribution >= 4 is 40.0 Å². The van der Waals surface area contributed by atoms with E-state index in [0.29, 0.717) is 22.6 Å².